The lowest BCUT2D eigenvalue weighted by Gasteiger charge is -2.11. The Labute approximate surface area is 56.2 Å². The average molecular weight is 176 g/mol. The molecule has 0 spiro atoms. The van der Waals surface area contributed by atoms with E-state index >= 15 is 0 Å². The first-order chi connectivity index (χ1) is 3.79. The summed E-state index contributed by atoms with van der Waals surface area (Å²) in [6.07, 6.45) is 5.26. The second-order valence-electron chi connectivity index (χ2n) is 1.53. The summed E-state index contributed by atoms with van der Waals surface area (Å²) in [4.78, 5) is 0. The van der Waals surface area contributed by atoms with Crippen LogP contribution in [0, 0.1) is 0 Å². The van der Waals surface area contributed by atoms with E-state index in [-0.39, 0.29) is 0 Å². The topological polar surface area (TPSA) is 23.5 Å². The summed E-state index contributed by atoms with van der Waals surface area (Å²) in [5, 5.41) is 9.82. The standard InChI is InChI=1S/C5H6BrNO/c6-5-1-3-7(8)4-2-5/h1-3,8H,4H2. The van der Waals surface area contributed by atoms with Gasteiger partial charge in [0.15, 0.2) is 0 Å². The van der Waals surface area contributed by atoms with Crippen molar-refractivity contribution >= 4 is 15.9 Å². The number of rotatable bonds is 0. The Balaban J connectivity index is 2.58. The zero-order valence-corrected chi connectivity index (χ0v) is 5.80. The van der Waals surface area contributed by atoms with Crippen molar-refractivity contribution in [2.24, 2.45) is 0 Å². The number of halogens is 1. The summed E-state index contributed by atoms with van der Waals surface area (Å²) in [7, 11) is 0. The second-order valence-corrected chi connectivity index (χ2v) is 2.44. The molecule has 0 aromatic carbocycles. The van der Waals surface area contributed by atoms with Gasteiger partial charge in [0.1, 0.15) is 0 Å². The molecule has 2 nitrogen and oxygen atoms in total. The molecule has 0 aromatic heterocycles. The van der Waals surface area contributed by atoms with Gasteiger partial charge in [0, 0.05) is 10.7 Å². The minimum atomic E-state index is 0.567. The van der Waals surface area contributed by atoms with Crippen LogP contribution in [-0.4, -0.2) is 16.8 Å². The number of hydrogen-bond acceptors (Lipinski definition) is 2. The molecule has 0 atom stereocenters. The molecule has 0 saturated carbocycles. The van der Waals surface area contributed by atoms with Gasteiger partial charge in [-0.15, -0.1) is 0 Å². The molecule has 1 N–H and O–H groups in total. The molecule has 3 heteroatoms. The first-order valence-electron chi connectivity index (χ1n) is 2.28. The largest absolute Gasteiger partial charge is 0.289 e. The van der Waals surface area contributed by atoms with Gasteiger partial charge in [-0.25, -0.2) is 0 Å². The molecule has 0 saturated heterocycles. The minimum Gasteiger partial charge on any atom is -0.289 e. The van der Waals surface area contributed by atoms with Crippen molar-refractivity contribution in [2.45, 2.75) is 0 Å². The Morgan fingerprint density at radius 2 is 2.50 bits per heavy atom. The molecule has 1 rings (SSSR count). The van der Waals surface area contributed by atoms with E-state index in [0.717, 1.165) is 9.55 Å². The highest BCUT2D eigenvalue weighted by Gasteiger charge is 1.95. The molecule has 1 heterocycles. The van der Waals surface area contributed by atoms with Gasteiger partial charge in [0.05, 0.1) is 6.54 Å². The molecular weight excluding hydrogens is 170 g/mol. The first kappa shape index (κ1) is 5.85. The lowest BCUT2D eigenvalue weighted by atomic mass is 10.4. The number of hydrogen-bond donors (Lipinski definition) is 1. The molecule has 0 bridgehead atoms. The van der Waals surface area contributed by atoms with Crippen LogP contribution in [0.1, 0.15) is 0 Å². The van der Waals surface area contributed by atoms with Crippen molar-refractivity contribution in [3.8, 4) is 0 Å². The van der Waals surface area contributed by atoms with Gasteiger partial charge in [0.25, 0.3) is 0 Å². The maximum atomic E-state index is 8.71. The lowest BCUT2D eigenvalue weighted by molar-refractivity contribution is -0.0303. The fourth-order valence-corrected chi connectivity index (χ4v) is 0.730. The smallest absolute Gasteiger partial charge is 0.0641 e. The maximum Gasteiger partial charge on any atom is 0.0641 e. The Bertz CT molecular complexity index is 141. The third-order valence-corrected chi connectivity index (χ3v) is 1.47. The molecule has 1 aliphatic heterocycles. The molecule has 1 aliphatic rings. The Morgan fingerprint density at radius 1 is 1.75 bits per heavy atom. The van der Waals surface area contributed by atoms with Gasteiger partial charge < -0.3 is 0 Å². The summed E-state index contributed by atoms with van der Waals surface area (Å²) < 4.78 is 1.02. The number of nitrogens with zero attached hydrogens (tertiary/aromatic N) is 1. The van der Waals surface area contributed by atoms with Gasteiger partial charge in [-0.3, -0.25) is 10.3 Å². The van der Waals surface area contributed by atoms with E-state index in [9.17, 15) is 0 Å². The van der Waals surface area contributed by atoms with E-state index in [0.29, 0.717) is 6.54 Å². The van der Waals surface area contributed by atoms with Crippen molar-refractivity contribution in [3.05, 3.63) is 22.8 Å². The molecule has 44 valence electrons. The monoisotopic (exact) mass is 175 g/mol. The minimum absolute atomic E-state index is 0.567. The zero-order valence-electron chi connectivity index (χ0n) is 4.21. The molecule has 0 fully saturated rings. The van der Waals surface area contributed by atoms with Gasteiger partial charge >= 0.3 is 0 Å². The highest BCUT2D eigenvalue weighted by Crippen LogP contribution is 2.10. The average Bonchev–Trinajstić information content (AvgIpc) is 1.77. The SMILES string of the molecule is ON1C=CC(Br)=CC1. The van der Waals surface area contributed by atoms with Crippen molar-refractivity contribution in [1.29, 1.82) is 0 Å². The van der Waals surface area contributed by atoms with E-state index < -0.39 is 0 Å². The Morgan fingerprint density at radius 3 is 2.88 bits per heavy atom. The quantitative estimate of drug-likeness (QED) is 0.604. The van der Waals surface area contributed by atoms with Crippen molar-refractivity contribution in [1.82, 2.24) is 5.06 Å². The van der Waals surface area contributed by atoms with Gasteiger partial charge in [0.2, 0.25) is 0 Å². The zero-order chi connectivity index (χ0) is 5.98. The van der Waals surface area contributed by atoms with Crippen LogP contribution >= 0.6 is 15.9 Å². The maximum absolute atomic E-state index is 8.71. The Hall–Kier alpha value is -0.280. The van der Waals surface area contributed by atoms with Crippen LogP contribution < -0.4 is 0 Å². The van der Waals surface area contributed by atoms with Crippen molar-refractivity contribution in [3.63, 3.8) is 0 Å². The van der Waals surface area contributed by atoms with Crippen LogP contribution in [0.4, 0.5) is 0 Å². The summed E-state index contributed by atoms with van der Waals surface area (Å²) >= 11 is 3.25. The molecule has 0 amide bonds. The predicted octanol–water partition coefficient (Wildman–Crippen LogP) is 1.48. The summed E-state index contributed by atoms with van der Waals surface area (Å²) in [6, 6.07) is 0. The molecule has 0 aromatic rings. The second kappa shape index (κ2) is 2.33. The van der Waals surface area contributed by atoms with Gasteiger partial charge in [-0.2, -0.15) is 0 Å². The van der Waals surface area contributed by atoms with E-state index in [1.807, 2.05) is 6.08 Å². The Kier molecular flexibility index (Phi) is 1.70. The lowest BCUT2D eigenvalue weighted by Crippen LogP contribution is -2.13. The van der Waals surface area contributed by atoms with Gasteiger partial charge in [-0.1, -0.05) is 15.9 Å². The third-order valence-electron chi connectivity index (χ3n) is 0.879. The molecule has 0 radical (unpaired) electrons. The third kappa shape index (κ3) is 1.35. The van der Waals surface area contributed by atoms with E-state index in [1.165, 1.54) is 0 Å². The van der Waals surface area contributed by atoms with Crippen LogP contribution in [0.5, 0.6) is 0 Å². The molecule has 0 unspecified atom stereocenters. The molecular formula is C5H6BrNO. The fraction of sp³-hybridized carbons (Fsp3) is 0.200. The first-order valence-corrected chi connectivity index (χ1v) is 3.08. The van der Waals surface area contributed by atoms with E-state index in [4.69, 9.17) is 5.21 Å². The van der Waals surface area contributed by atoms with Crippen LogP contribution in [0.3, 0.4) is 0 Å². The summed E-state index contributed by atoms with van der Waals surface area (Å²) in [5.74, 6) is 0. The van der Waals surface area contributed by atoms with Crippen LogP contribution in [0.25, 0.3) is 0 Å². The van der Waals surface area contributed by atoms with Crippen molar-refractivity contribution < 1.29 is 5.21 Å². The highest BCUT2D eigenvalue weighted by atomic mass is 79.9. The molecule has 0 aliphatic carbocycles. The molecule has 8 heavy (non-hydrogen) atoms. The van der Waals surface area contributed by atoms with Crippen LogP contribution in [-0.2, 0) is 0 Å². The normalized spacial score (nSPS) is 18.8. The number of allylic oxidation sites excluding steroid dienone is 2. The van der Waals surface area contributed by atoms with E-state index in [2.05, 4.69) is 15.9 Å². The fourth-order valence-electron chi connectivity index (χ4n) is 0.467. The van der Waals surface area contributed by atoms with Crippen LogP contribution in [0.15, 0.2) is 22.8 Å². The van der Waals surface area contributed by atoms with Crippen LogP contribution in [0.2, 0.25) is 0 Å². The highest BCUT2D eigenvalue weighted by molar-refractivity contribution is 9.11. The predicted molar refractivity (Wildman–Crippen MR) is 34.6 cm³/mol. The van der Waals surface area contributed by atoms with Gasteiger partial charge in [-0.05, 0) is 12.2 Å². The number of hydroxylamine groups is 2. The summed E-state index contributed by atoms with van der Waals surface area (Å²) in [6.45, 7) is 0.567. The van der Waals surface area contributed by atoms with Crippen molar-refractivity contribution in [2.75, 3.05) is 6.54 Å². The van der Waals surface area contributed by atoms with E-state index in [1.54, 1.807) is 12.3 Å². The summed E-state index contributed by atoms with van der Waals surface area (Å²) in [5.41, 5.74) is 0.